The predicted octanol–water partition coefficient (Wildman–Crippen LogP) is 2.49. The van der Waals surface area contributed by atoms with E-state index in [4.69, 9.17) is 9.47 Å². The SMILES string of the molecule is C/C(=C\c1ccc2c(c1)OCCCO2)[N+](=O)[O-]. The summed E-state index contributed by atoms with van der Waals surface area (Å²) in [5, 5.41) is 10.5. The summed E-state index contributed by atoms with van der Waals surface area (Å²) >= 11 is 0. The second-order valence-electron chi connectivity index (χ2n) is 3.80. The lowest BCUT2D eigenvalue weighted by Gasteiger charge is -2.07. The summed E-state index contributed by atoms with van der Waals surface area (Å²) in [7, 11) is 0. The summed E-state index contributed by atoms with van der Waals surface area (Å²) in [6.07, 6.45) is 2.35. The maximum absolute atomic E-state index is 10.5. The summed E-state index contributed by atoms with van der Waals surface area (Å²) in [5.74, 6) is 1.34. The molecule has 1 heterocycles. The van der Waals surface area contributed by atoms with Crippen LogP contribution in [0.1, 0.15) is 18.9 Å². The van der Waals surface area contributed by atoms with Crippen molar-refractivity contribution in [1.29, 1.82) is 0 Å². The molecular formula is C12H13NO4. The molecule has 1 aromatic rings. The highest BCUT2D eigenvalue weighted by molar-refractivity contribution is 5.56. The van der Waals surface area contributed by atoms with Crippen molar-refractivity contribution in [3.8, 4) is 11.5 Å². The summed E-state index contributed by atoms with van der Waals surface area (Å²) < 4.78 is 11.0. The van der Waals surface area contributed by atoms with Crippen molar-refractivity contribution in [3.05, 3.63) is 39.6 Å². The van der Waals surface area contributed by atoms with Crippen molar-refractivity contribution < 1.29 is 14.4 Å². The Morgan fingerprint density at radius 1 is 1.35 bits per heavy atom. The summed E-state index contributed by atoms with van der Waals surface area (Å²) in [6.45, 7) is 2.70. The van der Waals surface area contributed by atoms with Gasteiger partial charge in [0.25, 0.3) is 0 Å². The van der Waals surface area contributed by atoms with Crippen LogP contribution in [-0.2, 0) is 0 Å². The van der Waals surface area contributed by atoms with Gasteiger partial charge in [0, 0.05) is 19.4 Å². The monoisotopic (exact) mass is 235 g/mol. The molecule has 0 saturated carbocycles. The van der Waals surface area contributed by atoms with Gasteiger partial charge in [-0.2, -0.15) is 0 Å². The highest BCUT2D eigenvalue weighted by atomic mass is 16.6. The molecule has 1 aliphatic heterocycles. The molecule has 0 spiro atoms. The van der Waals surface area contributed by atoms with E-state index in [2.05, 4.69) is 0 Å². The first-order valence-electron chi connectivity index (χ1n) is 5.39. The Bertz CT molecular complexity index is 468. The molecule has 0 N–H and O–H groups in total. The Labute approximate surface area is 98.8 Å². The van der Waals surface area contributed by atoms with Gasteiger partial charge in [0.1, 0.15) is 0 Å². The minimum absolute atomic E-state index is 0.0968. The fourth-order valence-electron chi connectivity index (χ4n) is 1.56. The minimum Gasteiger partial charge on any atom is -0.490 e. The molecule has 1 aromatic carbocycles. The molecule has 0 amide bonds. The molecule has 0 aromatic heterocycles. The van der Waals surface area contributed by atoms with E-state index in [-0.39, 0.29) is 5.70 Å². The molecule has 0 radical (unpaired) electrons. The molecule has 0 fully saturated rings. The lowest BCUT2D eigenvalue weighted by molar-refractivity contribution is -0.422. The Morgan fingerprint density at radius 3 is 2.76 bits per heavy atom. The van der Waals surface area contributed by atoms with Crippen molar-refractivity contribution in [1.82, 2.24) is 0 Å². The number of nitrogens with zero attached hydrogens (tertiary/aromatic N) is 1. The Hall–Kier alpha value is -2.04. The van der Waals surface area contributed by atoms with Crippen LogP contribution in [0.5, 0.6) is 11.5 Å². The Morgan fingerprint density at radius 2 is 2.06 bits per heavy atom. The molecule has 0 bridgehead atoms. The van der Waals surface area contributed by atoms with E-state index in [9.17, 15) is 10.1 Å². The minimum atomic E-state index is -0.414. The lowest BCUT2D eigenvalue weighted by atomic mass is 10.2. The van der Waals surface area contributed by atoms with Crippen LogP contribution in [0.25, 0.3) is 6.08 Å². The van der Waals surface area contributed by atoms with Gasteiger partial charge in [-0.05, 0) is 17.7 Å². The van der Waals surface area contributed by atoms with Crippen LogP contribution in [0.4, 0.5) is 0 Å². The first-order chi connectivity index (χ1) is 8.16. The zero-order valence-electron chi connectivity index (χ0n) is 9.51. The third-order valence-electron chi connectivity index (χ3n) is 2.44. The van der Waals surface area contributed by atoms with Crippen LogP contribution in [0.2, 0.25) is 0 Å². The van der Waals surface area contributed by atoms with Crippen molar-refractivity contribution >= 4 is 6.08 Å². The van der Waals surface area contributed by atoms with Gasteiger partial charge < -0.3 is 9.47 Å². The number of allylic oxidation sites excluding steroid dienone is 1. The lowest BCUT2D eigenvalue weighted by Crippen LogP contribution is -1.97. The van der Waals surface area contributed by atoms with Crippen molar-refractivity contribution in [3.63, 3.8) is 0 Å². The van der Waals surface area contributed by atoms with E-state index in [1.165, 1.54) is 13.0 Å². The number of hydrogen-bond acceptors (Lipinski definition) is 4. The molecule has 90 valence electrons. The summed E-state index contributed by atoms with van der Waals surface area (Å²) in [4.78, 5) is 10.1. The van der Waals surface area contributed by atoms with Gasteiger partial charge in [-0.1, -0.05) is 6.07 Å². The van der Waals surface area contributed by atoms with Gasteiger partial charge in [0.2, 0.25) is 5.70 Å². The average Bonchev–Trinajstić information content (AvgIpc) is 2.53. The van der Waals surface area contributed by atoms with Crippen LogP contribution in [0.15, 0.2) is 23.9 Å². The molecule has 17 heavy (non-hydrogen) atoms. The third-order valence-corrected chi connectivity index (χ3v) is 2.44. The van der Waals surface area contributed by atoms with E-state index in [0.29, 0.717) is 24.7 Å². The Balaban J connectivity index is 2.29. The normalized spacial score (nSPS) is 15.2. The van der Waals surface area contributed by atoms with Crippen LogP contribution in [0, 0.1) is 10.1 Å². The molecule has 0 aliphatic carbocycles. The van der Waals surface area contributed by atoms with Crippen LogP contribution in [-0.4, -0.2) is 18.1 Å². The summed E-state index contributed by atoms with van der Waals surface area (Å²) in [6, 6.07) is 5.31. The molecule has 1 aliphatic rings. The maximum Gasteiger partial charge on any atom is 0.243 e. The van der Waals surface area contributed by atoms with Crippen molar-refractivity contribution in [2.75, 3.05) is 13.2 Å². The fraction of sp³-hybridized carbons (Fsp3) is 0.333. The first-order valence-corrected chi connectivity index (χ1v) is 5.39. The number of rotatable bonds is 2. The highest BCUT2D eigenvalue weighted by Crippen LogP contribution is 2.31. The Kier molecular flexibility index (Phi) is 3.27. The van der Waals surface area contributed by atoms with E-state index in [1.807, 2.05) is 0 Å². The zero-order chi connectivity index (χ0) is 12.3. The predicted molar refractivity (Wildman–Crippen MR) is 62.7 cm³/mol. The highest BCUT2D eigenvalue weighted by Gasteiger charge is 2.11. The zero-order valence-corrected chi connectivity index (χ0v) is 9.51. The maximum atomic E-state index is 10.5. The fourth-order valence-corrected chi connectivity index (χ4v) is 1.56. The second-order valence-corrected chi connectivity index (χ2v) is 3.80. The average molecular weight is 235 g/mol. The van der Waals surface area contributed by atoms with Crippen LogP contribution >= 0.6 is 0 Å². The van der Waals surface area contributed by atoms with E-state index >= 15 is 0 Å². The number of benzene rings is 1. The van der Waals surface area contributed by atoms with E-state index < -0.39 is 4.92 Å². The van der Waals surface area contributed by atoms with Gasteiger partial charge in [0.05, 0.1) is 18.1 Å². The largest absolute Gasteiger partial charge is 0.490 e. The molecule has 0 atom stereocenters. The van der Waals surface area contributed by atoms with Crippen molar-refractivity contribution in [2.45, 2.75) is 13.3 Å². The standard InChI is InChI=1S/C12H13NO4/c1-9(13(14)15)7-10-3-4-11-12(8-10)17-6-2-5-16-11/h3-4,7-8H,2,5-6H2,1H3/b9-7+. The quantitative estimate of drug-likeness (QED) is 0.583. The molecule has 0 saturated heterocycles. The van der Waals surface area contributed by atoms with Gasteiger partial charge in [-0.25, -0.2) is 0 Å². The van der Waals surface area contributed by atoms with Gasteiger partial charge in [0.15, 0.2) is 11.5 Å². The number of hydrogen-bond donors (Lipinski definition) is 0. The van der Waals surface area contributed by atoms with Gasteiger partial charge in [-0.3, -0.25) is 10.1 Å². The van der Waals surface area contributed by atoms with Crippen molar-refractivity contribution in [2.24, 2.45) is 0 Å². The van der Waals surface area contributed by atoms with Crippen LogP contribution in [0.3, 0.4) is 0 Å². The smallest absolute Gasteiger partial charge is 0.243 e. The topological polar surface area (TPSA) is 61.6 Å². The molecule has 0 unspecified atom stereocenters. The van der Waals surface area contributed by atoms with E-state index in [0.717, 1.165) is 12.0 Å². The molecule has 5 nitrogen and oxygen atoms in total. The third kappa shape index (κ3) is 2.75. The van der Waals surface area contributed by atoms with Gasteiger partial charge in [-0.15, -0.1) is 0 Å². The molecule has 5 heteroatoms. The first kappa shape index (κ1) is 11.4. The molecule has 2 rings (SSSR count). The second kappa shape index (κ2) is 4.86. The number of nitro groups is 1. The van der Waals surface area contributed by atoms with Crippen LogP contribution < -0.4 is 9.47 Å². The molecular weight excluding hydrogens is 222 g/mol. The van der Waals surface area contributed by atoms with Gasteiger partial charge >= 0.3 is 0 Å². The number of fused-ring (bicyclic) bond motifs is 1. The van der Waals surface area contributed by atoms with E-state index in [1.54, 1.807) is 18.2 Å². The number of ether oxygens (including phenoxy) is 2. The summed E-state index contributed by atoms with van der Waals surface area (Å²) in [5.41, 5.74) is 0.836.